The quantitative estimate of drug-likeness (QED) is 0.592. The summed E-state index contributed by atoms with van der Waals surface area (Å²) in [6.45, 7) is 0.457. The molecule has 2 N–H and O–H groups in total. The Morgan fingerprint density at radius 3 is 2.19 bits per heavy atom. The van der Waals surface area contributed by atoms with Crippen LogP contribution >= 0.6 is 0 Å². The van der Waals surface area contributed by atoms with E-state index in [1.165, 1.54) is 25.7 Å². The third-order valence-corrected chi connectivity index (χ3v) is 4.21. The van der Waals surface area contributed by atoms with Gasteiger partial charge >= 0.3 is 5.97 Å². The predicted octanol–water partition coefficient (Wildman–Crippen LogP) is 2.38. The predicted molar refractivity (Wildman–Crippen MR) is 62.9 cm³/mol. The molecule has 3 heteroatoms. The summed E-state index contributed by atoms with van der Waals surface area (Å²) < 4.78 is 5.65. The largest absolute Gasteiger partial charge is 0.462 e. The first-order valence-electron chi connectivity index (χ1n) is 6.68. The molecule has 0 unspecified atom stereocenters. The van der Waals surface area contributed by atoms with E-state index in [1.54, 1.807) is 0 Å². The van der Waals surface area contributed by atoms with Crippen molar-refractivity contribution in [3.05, 3.63) is 0 Å². The first kappa shape index (κ1) is 11.9. The van der Waals surface area contributed by atoms with Gasteiger partial charge in [0.25, 0.3) is 0 Å². The normalized spacial score (nSPS) is 25.6. The van der Waals surface area contributed by atoms with Gasteiger partial charge in [-0.3, -0.25) is 4.79 Å². The molecule has 0 heterocycles. The number of ether oxygens (including phenoxy) is 1. The Kier molecular flexibility index (Phi) is 3.85. The Labute approximate surface area is 97.7 Å². The van der Waals surface area contributed by atoms with Crippen molar-refractivity contribution in [1.29, 1.82) is 0 Å². The fourth-order valence-electron chi connectivity index (χ4n) is 2.73. The molecule has 0 aromatic heterocycles. The van der Waals surface area contributed by atoms with Crippen molar-refractivity contribution in [2.45, 2.75) is 63.9 Å². The number of carbonyl (C=O) groups excluding carboxylic acids is 1. The number of carbonyl (C=O) groups is 1. The van der Waals surface area contributed by atoms with Crippen LogP contribution in [0, 0.1) is 5.41 Å². The molecule has 0 atom stereocenters. The first-order chi connectivity index (χ1) is 7.77. The van der Waals surface area contributed by atoms with Gasteiger partial charge in [0, 0.05) is 6.54 Å². The van der Waals surface area contributed by atoms with Crippen LogP contribution in [0.1, 0.15) is 57.8 Å². The van der Waals surface area contributed by atoms with E-state index in [2.05, 4.69) is 0 Å². The van der Waals surface area contributed by atoms with Crippen molar-refractivity contribution in [3.63, 3.8) is 0 Å². The Bertz CT molecular complexity index is 235. The van der Waals surface area contributed by atoms with E-state index in [9.17, 15) is 4.79 Å². The Hall–Kier alpha value is -0.570. The Balaban J connectivity index is 1.85. The van der Waals surface area contributed by atoms with Gasteiger partial charge in [0.05, 0.1) is 5.41 Å². The van der Waals surface area contributed by atoms with Crippen LogP contribution in [-0.4, -0.2) is 18.6 Å². The lowest BCUT2D eigenvalue weighted by atomic mass is 9.69. The van der Waals surface area contributed by atoms with Crippen molar-refractivity contribution < 1.29 is 9.53 Å². The highest BCUT2D eigenvalue weighted by atomic mass is 16.5. The summed E-state index contributed by atoms with van der Waals surface area (Å²) in [6.07, 6.45) is 10.2. The van der Waals surface area contributed by atoms with Crippen LogP contribution in [0.3, 0.4) is 0 Å². The van der Waals surface area contributed by atoms with Gasteiger partial charge in [-0.15, -0.1) is 0 Å². The molecular weight excluding hydrogens is 202 g/mol. The fourth-order valence-corrected chi connectivity index (χ4v) is 2.73. The van der Waals surface area contributed by atoms with E-state index in [1.807, 2.05) is 0 Å². The molecule has 2 fully saturated rings. The van der Waals surface area contributed by atoms with E-state index in [-0.39, 0.29) is 17.5 Å². The molecule has 2 saturated carbocycles. The molecule has 0 radical (unpaired) electrons. The number of rotatable bonds is 3. The summed E-state index contributed by atoms with van der Waals surface area (Å²) in [4.78, 5) is 12.1. The molecule has 0 aromatic carbocycles. The molecule has 2 rings (SSSR count). The highest BCUT2D eigenvalue weighted by molar-refractivity contribution is 5.78. The van der Waals surface area contributed by atoms with Crippen LogP contribution in [0.4, 0.5) is 0 Å². The topological polar surface area (TPSA) is 52.3 Å². The van der Waals surface area contributed by atoms with Crippen molar-refractivity contribution in [1.82, 2.24) is 0 Å². The zero-order chi connectivity index (χ0) is 11.4. The van der Waals surface area contributed by atoms with Gasteiger partial charge in [-0.25, -0.2) is 0 Å². The molecule has 3 nitrogen and oxygen atoms in total. The molecule has 92 valence electrons. The summed E-state index contributed by atoms with van der Waals surface area (Å²) in [5.41, 5.74) is 5.39. The zero-order valence-electron chi connectivity index (χ0n) is 10.0. The molecule has 0 spiro atoms. The molecule has 0 aromatic rings. The van der Waals surface area contributed by atoms with Crippen LogP contribution in [0.15, 0.2) is 0 Å². The summed E-state index contributed by atoms with van der Waals surface area (Å²) in [5.74, 6) is -0.0202. The van der Waals surface area contributed by atoms with Crippen LogP contribution in [0.25, 0.3) is 0 Å². The second-order valence-electron chi connectivity index (χ2n) is 5.36. The summed E-state index contributed by atoms with van der Waals surface area (Å²) in [7, 11) is 0. The number of hydrogen-bond acceptors (Lipinski definition) is 3. The zero-order valence-corrected chi connectivity index (χ0v) is 10.0. The van der Waals surface area contributed by atoms with Crippen LogP contribution in [0.5, 0.6) is 0 Å². The summed E-state index contributed by atoms with van der Waals surface area (Å²) >= 11 is 0. The van der Waals surface area contributed by atoms with Gasteiger partial charge in [0.1, 0.15) is 6.10 Å². The molecule has 16 heavy (non-hydrogen) atoms. The van der Waals surface area contributed by atoms with Crippen molar-refractivity contribution in [3.8, 4) is 0 Å². The Morgan fingerprint density at radius 1 is 1.12 bits per heavy atom. The molecule has 0 bridgehead atoms. The van der Waals surface area contributed by atoms with Gasteiger partial charge < -0.3 is 10.5 Å². The van der Waals surface area contributed by atoms with Crippen LogP contribution < -0.4 is 5.73 Å². The van der Waals surface area contributed by atoms with E-state index >= 15 is 0 Å². The minimum atomic E-state index is -0.313. The highest BCUT2D eigenvalue weighted by Gasteiger charge is 2.45. The van der Waals surface area contributed by atoms with Crippen molar-refractivity contribution in [2.24, 2.45) is 11.1 Å². The first-order valence-corrected chi connectivity index (χ1v) is 6.68. The lowest BCUT2D eigenvalue weighted by molar-refractivity contribution is -0.167. The summed E-state index contributed by atoms with van der Waals surface area (Å²) in [6, 6.07) is 0. The SMILES string of the molecule is NCC1(C(=O)OC2CCCCCC2)CCC1. The van der Waals surface area contributed by atoms with Crippen LogP contribution in [-0.2, 0) is 9.53 Å². The van der Waals surface area contributed by atoms with E-state index in [0.29, 0.717) is 6.54 Å². The monoisotopic (exact) mass is 225 g/mol. The second kappa shape index (κ2) is 5.17. The maximum Gasteiger partial charge on any atom is 0.313 e. The number of hydrogen-bond donors (Lipinski definition) is 1. The molecule has 0 aliphatic heterocycles. The molecule has 0 saturated heterocycles. The minimum Gasteiger partial charge on any atom is -0.462 e. The smallest absolute Gasteiger partial charge is 0.313 e. The maximum atomic E-state index is 12.1. The van der Waals surface area contributed by atoms with Gasteiger partial charge in [0.2, 0.25) is 0 Å². The lowest BCUT2D eigenvalue weighted by Gasteiger charge is -2.39. The second-order valence-corrected chi connectivity index (χ2v) is 5.36. The lowest BCUT2D eigenvalue weighted by Crippen LogP contribution is -2.46. The molecule has 2 aliphatic rings. The number of esters is 1. The highest BCUT2D eigenvalue weighted by Crippen LogP contribution is 2.41. The summed E-state index contributed by atoms with van der Waals surface area (Å²) in [5, 5.41) is 0. The van der Waals surface area contributed by atoms with Gasteiger partial charge in [-0.2, -0.15) is 0 Å². The van der Waals surface area contributed by atoms with Crippen molar-refractivity contribution in [2.75, 3.05) is 6.54 Å². The third-order valence-electron chi connectivity index (χ3n) is 4.21. The fraction of sp³-hybridized carbons (Fsp3) is 0.923. The average molecular weight is 225 g/mol. The van der Waals surface area contributed by atoms with E-state index < -0.39 is 0 Å². The standard InChI is InChI=1S/C13H23NO2/c14-10-13(8-5-9-13)12(15)16-11-6-3-1-2-4-7-11/h11H,1-10,14H2. The Morgan fingerprint density at radius 2 is 1.75 bits per heavy atom. The molecular formula is C13H23NO2. The van der Waals surface area contributed by atoms with Gasteiger partial charge in [0.15, 0.2) is 0 Å². The van der Waals surface area contributed by atoms with E-state index in [4.69, 9.17) is 10.5 Å². The molecule has 0 amide bonds. The number of nitrogens with two attached hydrogens (primary N) is 1. The third kappa shape index (κ3) is 2.40. The van der Waals surface area contributed by atoms with Crippen LogP contribution in [0.2, 0.25) is 0 Å². The molecule has 2 aliphatic carbocycles. The van der Waals surface area contributed by atoms with Gasteiger partial charge in [-0.1, -0.05) is 19.3 Å². The maximum absolute atomic E-state index is 12.1. The van der Waals surface area contributed by atoms with Crippen molar-refractivity contribution >= 4 is 5.97 Å². The van der Waals surface area contributed by atoms with E-state index in [0.717, 1.165) is 32.1 Å². The van der Waals surface area contributed by atoms with Gasteiger partial charge in [-0.05, 0) is 38.5 Å². The minimum absolute atomic E-state index is 0.0202. The average Bonchev–Trinajstić information content (AvgIpc) is 2.45.